The highest BCUT2D eigenvalue weighted by Gasteiger charge is 2.50. The van der Waals surface area contributed by atoms with Gasteiger partial charge in [-0.1, -0.05) is 54.0 Å². The maximum absolute atomic E-state index is 11.8. The number of aliphatic carboxylic acids is 1. The van der Waals surface area contributed by atoms with Crippen LogP contribution in [0.1, 0.15) is 67.7 Å². The molecular weight excluding hydrogens is 250 g/mol. The lowest BCUT2D eigenvalue weighted by molar-refractivity contribution is -0.151. The van der Waals surface area contributed by atoms with Gasteiger partial charge in [0.15, 0.2) is 0 Å². The second-order valence-corrected chi connectivity index (χ2v) is 8.18. The quantitative estimate of drug-likeness (QED) is 0.753. The van der Waals surface area contributed by atoms with E-state index in [0.29, 0.717) is 12.8 Å². The van der Waals surface area contributed by atoms with E-state index in [-0.39, 0.29) is 10.8 Å². The van der Waals surface area contributed by atoms with Gasteiger partial charge in [0.1, 0.15) is 0 Å². The second kappa shape index (κ2) is 5.18. The molecular formula is C17H31NO2. The minimum absolute atomic E-state index is 0.0403. The van der Waals surface area contributed by atoms with Crippen LogP contribution < -0.4 is 5.73 Å². The van der Waals surface area contributed by atoms with Crippen molar-refractivity contribution in [3.05, 3.63) is 11.1 Å². The molecule has 0 spiro atoms. The number of nitrogens with two attached hydrogens (primary N) is 1. The first kappa shape index (κ1) is 17.2. The van der Waals surface area contributed by atoms with Crippen molar-refractivity contribution in [3.63, 3.8) is 0 Å². The summed E-state index contributed by atoms with van der Waals surface area (Å²) in [7, 11) is 0. The number of carboxylic acid groups (broad SMARTS) is 1. The van der Waals surface area contributed by atoms with E-state index in [4.69, 9.17) is 5.73 Å². The molecule has 3 heteroatoms. The van der Waals surface area contributed by atoms with Crippen LogP contribution in [0.5, 0.6) is 0 Å². The zero-order valence-electron chi connectivity index (χ0n) is 14.1. The molecule has 1 aliphatic rings. The monoisotopic (exact) mass is 281 g/mol. The highest BCUT2D eigenvalue weighted by molar-refractivity contribution is 5.77. The van der Waals surface area contributed by atoms with Crippen molar-refractivity contribution in [1.82, 2.24) is 0 Å². The van der Waals surface area contributed by atoms with Crippen LogP contribution in [0.2, 0.25) is 0 Å². The maximum Gasteiger partial charge on any atom is 0.311 e. The third-order valence-corrected chi connectivity index (χ3v) is 4.82. The van der Waals surface area contributed by atoms with Gasteiger partial charge in [0.2, 0.25) is 0 Å². The predicted molar refractivity (Wildman–Crippen MR) is 83.5 cm³/mol. The molecule has 0 bridgehead atoms. The van der Waals surface area contributed by atoms with Gasteiger partial charge in [-0.15, -0.1) is 0 Å². The predicted octanol–water partition coefficient (Wildman–Crippen LogP) is 3.98. The molecule has 2 atom stereocenters. The standard InChI is InChI=1S/C17H31NO2/c1-8-17(14(19)20)10-9-11(15(2,3)4)12(13(17)18)16(5,6)7/h13H,8-10,18H2,1-7H3,(H,19,20). The molecule has 20 heavy (non-hydrogen) atoms. The Bertz CT molecular complexity index is 423. The Balaban J connectivity index is 3.52. The Kier molecular flexibility index (Phi) is 4.46. The zero-order chi connectivity index (χ0) is 15.9. The van der Waals surface area contributed by atoms with Crippen molar-refractivity contribution >= 4 is 5.97 Å². The third kappa shape index (κ3) is 2.78. The van der Waals surface area contributed by atoms with Crippen LogP contribution in [0.4, 0.5) is 0 Å². The summed E-state index contributed by atoms with van der Waals surface area (Å²) in [5.74, 6) is -0.748. The Morgan fingerprint density at radius 3 is 2.05 bits per heavy atom. The summed E-state index contributed by atoms with van der Waals surface area (Å²) in [6.45, 7) is 14.9. The van der Waals surface area contributed by atoms with Crippen molar-refractivity contribution in [1.29, 1.82) is 0 Å². The van der Waals surface area contributed by atoms with E-state index in [2.05, 4.69) is 41.5 Å². The number of hydrogen-bond acceptors (Lipinski definition) is 2. The van der Waals surface area contributed by atoms with E-state index in [1.165, 1.54) is 5.57 Å². The molecule has 1 rings (SSSR count). The van der Waals surface area contributed by atoms with E-state index >= 15 is 0 Å². The lowest BCUT2D eigenvalue weighted by atomic mass is 9.58. The number of allylic oxidation sites excluding steroid dienone is 1. The normalized spacial score (nSPS) is 28.7. The summed E-state index contributed by atoms with van der Waals surface area (Å²) in [4.78, 5) is 11.8. The van der Waals surface area contributed by atoms with Crippen molar-refractivity contribution in [2.24, 2.45) is 22.0 Å². The SMILES string of the molecule is CCC1(C(=O)O)CCC(C(C)(C)C)=C(C(C)(C)C)C1N. The first-order chi connectivity index (χ1) is 8.88. The molecule has 2 unspecified atom stereocenters. The number of rotatable bonds is 2. The first-order valence-electron chi connectivity index (χ1n) is 7.61. The lowest BCUT2D eigenvalue weighted by Gasteiger charge is -2.47. The van der Waals surface area contributed by atoms with Crippen LogP contribution in [0.15, 0.2) is 11.1 Å². The van der Waals surface area contributed by atoms with E-state index < -0.39 is 17.4 Å². The molecule has 0 aliphatic heterocycles. The fraction of sp³-hybridized carbons (Fsp3) is 0.824. The highest BCUT2D eigenvalue weighted by atomic mass is 16.4. The Morgan fingerprint density at radius 2 is 1.75 bits per heavy atom. The van der Waals surface area contributed by atoms with Crippen LogP contribution >= 0.6 is 0 Å². The van der Waals surface area contributed by atoms with Gasteiger partial charge in [0.25, 0.3) is 0 Å². The van der Waals surface area contributed by atoms with Crippen LogP contribution in [-0.2, 0) is 4.79 Å². The molecule has 3 N–H and O–H groups in total. The fourth-order valence-electron chi connectivity index (χ4n) is 3.59. The summed E-state index contributed by atoms with van der Waals surface area (Å²) in [5, 5.41) is 9.73. The molecule has 0 saturated carbocycles. The molecule has 116 valence electrons. The van der Waals surface area contributed by atoms with E-state index in [9.17, 15) is 9.90 Å². The van der Waals surface area contributed by atoms with Gasteiger partial charge < -0.3 is 10.8 Å². The summed E-state index contributed by atoms with van der Waals surface area (Å²) in [6.07, 6.45) is 2.07. The third-order valence-electron chi connectivity index (χ3n) is 4.82. The topological polar surface area (TPSA) is 63.3 Å². The number of carboxylic acids is 1. The van der Waals surface area contributed by atoms with Crippen LogP contribution in [0, 0.1) is 16.2 Å². The van der Waals surface area contributed by atoms with Gasteiger partial charge >= 0.3 is 5.97 Å². The molecule has 0 aromatic carbocycles. The fourth-order valence-corrected chi connectivity index (χ4v) is 3.59. The number of carbonyl (C=O) groups is 1. The van der Waals surface area contributed by atoms with E-state index in [1.54, 1.807) is 0 Å². The van der Waals surface area contributed by atoms with Gasteiger partial charge in [0, 0.05) is 6.04 Å². The van der Waals surface area contributed by atoms with E-state index in [1.807, 2.05) is 6.92 Å². The smallest absolute Gasteiger partial charge is 0.311 e. The molecule has 1 aliphatic carbocycles. The maximum atomic E-state index is 11.8. The average molecular weight is 281 g/mol. The first-order valence-corrected chi connectivity index (χ1v) is 7.61. The zero-order valence-corrected chi connectivity index (χ0v) is 14.1. The van der Waals surface area contributed by atoms with Gasteiger partial charge in [-0.3, -0.25) is 4.79 Å². The molecule has 0 saturated heterocycles. The van der Waals surface area contributed by atoms with Gasteiger partial charge in [-0.05, 0) is 35.7 Å². The second-order valence-electron chi connectivity index (χ2n) is 8.18. The van der Waals surface area contributed by atoms with Crippen molar-refractivity contribution in [2.45, 2.75) is 73.8 Å². The minimum atomic E-state index is -0.808. The van der Waals surface area contributed by atoms with Gasteiger partial charge in [0.05, 0.1) is 5.41 Å². The highest BCUT2D eigenvalue weighted by Crippen LogP contribution is 2.51. The minimum Gasteiger partial charge on any atom is -0.481 e. The summed E-state index contributed by atoms with van der Waals surface area (Å²) < 4.78 is 0. The van der Waals surface area contributed by atoms with Gasteiger partial charge in [-0.2, -0.15) is 0 Å². The molecule has 0 aromatic rings. The van der Waals surface area contributed by atoms with Crippen molar-refractivity contribution in [3.8, 4) is 0 Å². The average Bonchev–Trinajstić information content (AvgIpc) is 2.25. The molecule has 0 heterocycles. The Morgan fingerprint density at radius 1 is 1.25 bits per heavy atom. The molecule has 3 nitrogen and oxygen atoms in total. The lowest BCUT2D eigenvalue weighted by Crippen LogP contribution is -2.53. The van der Waals surface area contributed by atoms with Gasteiger partial charge in [-0.25, -0.2) is 0 Å². The van der Waals surface area contributed by atoms with Crippen LogP contribution in [-0.4, -0.2) is 17.1 Å². The van der Waals surface area contributed by atoms with Crippen molar-refractivity contribution in [2.75, 3.05) is 0 Å². The largest absolute Gasteiger partial charge is 0.481 e. The summed E-state index contributed by atoms with van der Waals surface area (Å²) >= 11 is 0. The summed E-state index contributed by atoms with van der Waals surface area (Å²) in [5.41, 5.74) is 8.14. The molecule has 0 radical (unpaired) electrons. The Labute approximate surface area is 123 Å². The number of hydrogen-bond donors (Lipinski definition) is 2. The van der Waals surface area contributed by atoms with Crippen molar-refractivity contribution < 1.29 is 9.90 Å². The summed E-state index contributed by atoms with van der Waals surface area (Å²) in [6, 6.07) is -0.395. The molecule has 0 amide bonds. The Hall–Kier alpha value is -0.830. The van der Waals surface area contributed by atoms with Crippen LogP contribution in [0.3, 0.4) is 0 Å². The molecule has 0 fully saturated rings. The van der Waals surface area contributed by atoms with E-state index in [0.717, 1.165) is 12.0 Å². The van der Waals surface area contributed by atoms with Crippen LogP contribution in [0.25, 0.3) is 0 Å². The molecule has 0 aromatic heterocycles.